The number of ketones is 1. The van der Waals surface area contributed by atoms with Gasteiger partial charge in [-0.3, -0.25) is 14.9 Å². The molecule has 1 atom stereocenters. The summed E-state index contributed by atoms with van der Waals surface area (Å²) in [6.45, 7) is 0.0920. The number of rotatable bonds is 6. The summed E-state index contributed by atoms with van der Waals surface area (Å²) in [5, 5.41) is 20.8. The second-order valence-electron chi connectivity index (χ2n) is 7.78. The number of allylic oxidation sites excluding steroid dienone is 3. The van der Waals surface area contributed by atoms with E-state index in [9.17, 15) is 20.2 Å². The zero-order valence-corrected chi connectivity index (χ0v) is 18.9. The van der Waals surface area contributed by atoms with Crippen LogP contribution in [0, 0.1) is 21.4 Å². The first-order chi connectivity index (χ1) is 16.3. The number of nitrogens with zero attached hydrogens (tertiary/aromatic N) is 2. The predicted molar refractivity (Wildman–Crippen MR) is 122 cm³/mol. The third kappa shape index (κ3) is 4.28. The number of nitrogens with two attached hydrogens (primary N) is 1. The molecule has 0 aromatic heterocycles. The Morgan fingerprint density at radius 3 is 2.68 bits per heavy atom. The largest absolute Gasteiger partial charge is 0.493 e. The van der Waals surface area contributed by atoms with E-state index >= 15 is 0 Å². The van der Waals surface area contributed by atoms with Gasteiger partial charge in [0.05, 0.1) is 23.0 Å². The summed E-state index contributed by atoms with van der Waals surface area (Å²) >= 11 is 6.55. The highest BCUT2D eigenvalue weighted by molar-refractivity contribution is 6.32. The van der Waals surface area contributed by atoms with E-state index in [2.05, 4.69) is 6.07 Å². The standard InChI is InChI=1S/C24H20ClN3O6/c1-32-20-10-14(21-16(11-26)24(27)34-19-4-2-3-18(29)22(19)21)9-17(25)23(20)33-12-13-5-7-15(8-6-13)28(30)31/h5-10,21H,2-4,12,27H2,1H3/t21-/m0/s1. The number of methoxy groups -OCH3 is 1. The topological polar surface area (TPSA) is 138 Å². The molecule has 0 fully saturated rings. The van der Waals surface area contributed by atoms with Crippen molar-refractivity contribution in [3.05, 3.63) is 85.5 Å². The summed E-state index contributed by atoms with van der Waals surface area (Å²) in [4.78, 5) is 23.1. The first-order valence-electron chi connectivity index (χ1n) is 10.4. The zero-order valence-electron chi connectivity index (χ0n) is 18.2. The van der Waals surface area contributed by atoms with E-state index in [0.717, 1.165) is 0 Å². The fourth-order valence-electron chi connectivity index (χ4n) is 4.11. The lowest BCUT2D eigenvalue weighted by Crippen LogP contribution is -2.27. The number of nitriles is 1. The molecule has 1 aliphatic heterocycles. The molecule has 0 saturated heterocycles. The SMILES string of the molecule is COc1cc([C@H]2C(C#N)=C(N)OC3=C2C(=O)CCC3)cc(Cl)c1OCc1ccc([N+](=O)[O-])cc1. The zero-order chi connectivity index (χ0) is 24.4. The van der Waals surface area contributed by atoms with Crippen LogP contribution in [-0.2, 0) is 16.1 Å². The normalized spacial score (nSPS) is 17.6. The molecule has 10 heteroatoms. The molecule has 174 valence electrons. The molecule has 0 amide bonds. The Balaban J connectivity index is 1.68. The van der Waals surface area contributed by atoms with Crippen molar-refractivity contribution in [2.45, 2.75) is 31.8 Å². The molecule has 2 aromatic rings. The van der Waals surface area contributed by atoms with E-state index in [0.29, 0.717) is 47.5 Å². The van der Waals surface area contributed by atoms with Gasteiger partial charge in [0, 0.05) is 30.5 Å². The van der Waals surface area contributed by atoms with Gasteiger partial charge in [0.2, 0.25) is 5.88 Å². The van der Waals surface area contributed by atoms with Crippen LogP contribution >= 0.6 is 11.6 Å². The van der Waals surface area contributed by atoms with E-state index < -0.39 is 10.8 Å². The third-order valence-corrected chi connectivity index (χ3v) is 6.00. The molecule has 0 radical (unpaired) electrons. The molecular formula is C24H20ClN3O6. The van der Waals surface area contributed by atoms with Gasteiger partial charge in [-0.05, 0) is 41.8 Å². The minimum absolute atomic E-state index is 0.0215. The van der Waals surface area contributed by atoms with Crippen LogP contribution in [0.2, 0.25) is 5.02 Å². The van der Waals surface area contributed by atoms with Crippen LogP contribution in [0.25, 0.3) is 0 Å². The number of nitro benzene ring substituents is 1. The molecule has 2 aliphatic rings. The predicted octanol–water partition coefficient (Wildman–Crippen LogP) is 4.65. The molecule has 2 N–H and O–H groups in total. The quantitative estimate of drug-likeness (QED) is 0.464. The first kappa shape index (κ1) is 23.1. The van der Waals surface area contributed by atoms with E-state index in [1.54, 1.807) is 24.3 Å². The summed E-state index contributed by atoms with van der Waals surface area (Å²) in [5.41, 5.74) is 7.78. The Morgan fingerprint density at radius 2 is 2.03 bits per heavy atom. The fourth-order valence-corrected chi connectivity index (χ4v) is 4.38. The average Bonchev–Trinajstić information content (AvgIpc) is 2.82. The molecule has 2 aromatic carbocycles. The van der Waals surface area contributed by atoms with Gasteiger partial charge >= 0.3 is 0 Å². The first-order valence-corrected chi connectivity index (χ1v) is 10.8. The van der Waals surface area contributed by atoms with E-state index in [-0.39, 0.29) is 40.3 Å². The van der Waals surface area contributed by atoms with Crippen LogP contribution in [0.4, 0.5) is 5.69 Å². The summed E-state index contributed by atoms with van der Waals surface area (Å²) in [5.74, 6) is 0.188. The van der Waals surface area contributed by atoms with Gasteiger partial charge < -0.3 is 19.9 Å². The Morgan fingerprint density at radius 1 is 1.29 bits per heavy atom. The Hall–Kier alpha value is -4.03. The Kier molecular flexibility index (Phi) is 6.43. The summed E-state index contributed by atoms with van der Waals surface area (Å²) in [6.07, 6.45) is 1.57. The van der Waals surface area contributed by atoms with Crippen molar-refractivity contribution >= 4 is 23.1 Å². The Labute approximate surface area is 200 Å². The molecule has 0 unspecified atom stereocenters. The number of benzene rings is 2. The van der Waals surface area contributed by atoms with Crippen LogP contribution in [0.15, 0.2) is 59.2 Å². The van der Waals surface area contributed by atoms with Gasteiger partial charge in [-0.2, -0.15) is 5.26 Å². The van der Waals surface area contributed by atoms with Crippen molar-refractivity contribution in [1.82, 2.24) is 0 Å². The molecule has 0 saturated carbocycles. The maximum Gasteiger partial charge on any atom is 0.269 e. The maximum atomic E-state index is 12.8. The molecule has 0 bridgehead atoms. The summed E-state index contributed by atoms with van der Waals surface area (Å²) < 4.78 is 17.0. The van der Waals surface area contributed by atoms with Crippen molar-refractivity contribution in [2.24, 2.45) is 5.73 Å². The minimum Gasteiger partial charge on any atom is -0.493 e. The molecule has 1 heterocycles. The number of ether oxygens (including phenoxy) is 3. The molecule has 34 heavy (non-hydrogen) atoms. The molecule has 4 rings (SSSR count). The number of nitro groups is 1. The van der Waals surface area contributed by atoms with Gasteiger partial charge in [-0.25, -0.2) is 0 Å². The van der Waals surface area contributed by atoms with Crippen molar-refractivity contribution in [2.75, 3.05) is 7.11 Å². The van der Waals surface area contributed by atoms with Crippen LogP contribution in [-0.4, -0.2) is 17.8 Å². The number of carbonyl (C=O) groups is 1. The summed E-state index contributed by atoms with van der Waals surface area (Å²) in [7, 11) is 1.45. The van der Waals surface area contributed by atoms with Gasteiger partial charge in [-0.15, -0.1) is 0 Å². The number of Topliss-reactive ketones (excluding diaryl/α,β-unsaturated/α-hetero) is 1. The second-order valence-corrected chi connectivity index (χ2v) is 8.19. The molecule has 9 nitrogen and oxygen atoms in total. The average molecular weight is 482 g/mol. The lowest BCUT2D eigenvalue weighted by Gasteiger charge is -2.31. The molecule has 0 spiro atoms. The van der Waals surface area contributed by atoms with Crippen molar-refractivity contribution in [1.29, 1.82) is 5.26 Å². The van der Waals surface area contributed by atoms with Crippen LogP contribution < -0.4 is 15.2 Å². The van der Waals surface area contributed by atoms with Gasteiger partial charge in [0.15, 0.2) is 17.3 Å². The van der Waals surface area contributed by atoms with E-state index in [1.165, 1.54) is 19.2 Å². The lowest BCUT2D eigenvalue weighted by atomic mass is 9.77. The Bertz CT molecular complexity index is 1280. The van der Waals surface area contributed by atoms with Crippen molar-refractivity contribution in [3.63, 3.8) is 0 Å². The second kappa shape index (κ2) is 9.45. The van der Waals surface area contributed by atoms with Crippen LogP contribution in [0.3, 0.4) is 0 Å². The molecule has 1 aliphatic carbocycles. The third-order valence-electron chi connectivity index (χ3n) is 5.72. The number of halogens is 1. The number of hydrogen-bond acceptors (Lipinski definition) is 8. The summed E-state index contributed by atoms with van der Waals surface area (Å²) in [6, 6.07) is 11.3. The van der Waals surface area contributed by atoms with Crippen LogP contribution in [0.5, 0.6) is 11.5 Å². The number of non-ortho nitro benzene ring substituents is 1. The van der Waals surface area contributed by atoms with Crippen LogP contribution in [0.1, 0.15) is 36.3 Å². The number of hydrogen-bond donors (Lipinski definition) is 1. The van der Waals surface area contributed by atoms with Crippen molar-refractivity contribution in [3.8, 4) is 17.6 Å². The lowest BCUT2D eigenvalue weighted by molar-refractivity contribution is -0.384. The molecular weight excluding hydrogens is 462 g/mol. The number of carbonyl (C=O) groups excluding carboxylic acids is 1. The smallest absolute Gasteiger partial charge is 0.269 e. The van der Waals surface area contributed by atoms with Gasteiger partial charge in [0.1, 0.15) is 24.0 Å². The van der Waals surface area contributed by atoms with E-state index in [4.69, 9.17) is 31.5 Å². The minimum atomic E-state index is -0.725. The fraction of sp³-hybridized carbons (Fsp3) is 0.250. The maximum absolute atomic E-state index is 12.8. The van der Waals surface area contributed by atoms with E-state index in [1.807, 2.05) is 0 Å². The van der Waals surface area contributed by atoms with Crippen molar-refractivity contribution < 1.29 is 23.9 Å². The highest BCUT2D eigenvalue weighted by Crippen LogP contribution is 2.47. The highest BCUT2D eigenvalue weighted by atomic mass is 35.5. The monoisotopic (exact) mass is 481 g/mol. The highest BCUT2D eigenvalue weighted by Gasteiger charge is 2.38. The van der Waals surface area contributed by atoms with Gasteiger partial charge in [-0.1, -0.05) is 11.6 Å². The van der Waals surface area contributed by atoms with Gasteiger partial charge in [0.25, 0.3) is 5.69 Å².